The van der Waals surface area contributed by atoms with Gasteiger partial charge in [-0.2, -0.15) is 0 Å². The minimum absolute atomic E-state index is 0.128. The van der Waals surface area contributed by atoms with Crippen molar-refractivity contribution in [3.8, 4) is 5.75 Å². The number of amides is 1. The largest absolute Gasteiger partial charge is 0.495 e. The number of para-hydroxylation sites is 2. The van der Waals surface area contributed by atoms with Crippen LogP contribution >= 0.6 is 15.9 Å². The molecule has 4 nitrogen and oxygen atoms in total. The van der Waals surface area contributed by atoms with Crippen molar-refractivity contribution in [2.45, 2.75) is 6.92 Å². The SMILES string of the molecule is COc1ccccc1NC(=O)CNc1cc(C)cc(Br)c1. The van der Waals surface area contributed by atoms with Gasteiger partial charge in [-0.3, -0.25) is 4.79 Å². The molecule has 2 aromatic carbocycles. The van der Waals surface area contributed by atoms with Crippen LogP contribution in [0.3, 0.4) is 0 Å². The second-order valence-corrected chi connectivity index (χ2v) is 5.53. The van der Waals surface area contributed by atoms with Gasteiger partial charge in [0.1, 0.15) is 5.75 Å². The zero-order valence-electron chi connectivity index (χ0n) is 11.9. The van der Waals surface area contributed by atoms with Gasteiger partial charge in [0, 0.05) is 10.2 Å². The van der Waals surface area contributed by atoms with Crippen LogP contribution in [0, 0.1) is 6.92 Å². The van der Waals surface area contributed by atoms with E-state index in [1.54, 1.807) is 19.2 Å². The molecule has 2 aromatic rings. The molecule has 0 saturated carbocycles. The number of aryl methyl sites for hydroxylation is 1. The zero-order chi connectivity index (χ0) is 15.2. The number of hydrogen-bond acceptors (Lipinski definition) is 3. The summed E-state index contributed by atoms with van der Waals surface area (Å²) < 4.78 is 6.18. The van der Waals surface area contributed by atoms with Crippen molar-refractivity contribution < 1.29 is 9.53 Å². The van der Waals surface area contributed by atoms with Crippen molar-refractivity contribution in [3.63, 3.8) is 0 Å². The number of carbonyl (C=O) groups is 1. The maximum Gasteiger partial charge on any atom is 0.243 e. The number of halogens is 1. The maximum absolute atomic E-state index is 12.0. The smallest absolute Gasteiger partial charge is 0.243 e. The minimum Gasteiger partial charge on any atom is -0.495 e. The van der Waals surface area contributed by atoms with Gasteiger partial charge in [-0.15, -0.1) is 0 Å². The summed E-state index contributed by atoms with van der Waals surface area (Å²) in [7, 11) is 1.58. The molecular formula is C16H17BrN2O2. The van der Waals surface area contributed by atoms with E-state index in [0.717, 1.165) is 15.7 Å². The minimum atomic E-state index is -0.128. The van der Waals surface area contributed by atoms with E-state index in [1.165, 1.54) is 0 Å². The molecule has 1 amide bonds. The molecule has 0 aliphatic heterocycles. The van der Waals surface area contributed by atoms with E-state index in [4.69, 9.17) is 4.74 Å². The molecule has 0 radical (unpaired) electrons. The van der Waals surface area contributed by atoms with E-state index < -0.39 is 0 Å². The Morgan fingerprint density at radius 3 is 2.71 bits per heavy atom. The van der Waals surface area contributed by atoms with E-state index in [1.807, 2.05) is 37.3 Å². The monoisotopic (exact) mass is 348 g/mol. The molecule has 5 heteroatoms. The van der Waals surface area contributed by atoms with Gasteiger partial charge in [0.15, 0.2) is 0 Å². The third kappa shape index (κ3) is 4.49. The Balaban J connectivity index is 1.96. The topological polar surface area (TPSA) is 50.4 Å². The fourth-order valence-electron chi connectivity index (χ4n) is 1.96. The van der Waals surface area contributed by atoms with Crippen LogP contribution in [0.2, 0.25) is 0 Å². The molecule has 0 bridgehead atoms. The Labute approximate surface area is 132 Å². The lowest BCUT2D eigenvalue weighted by atomic mass is 10.2. The molecule has 0 fully saturated rings. The van der Waals surface area contributed by atoms with Crippen LogP contribution in [-0.4, -0.2) is 19.6 Å². The lowest BCUT2D eigenvalue weighted by Gasteiger charge is -2.11. The average molecular weight is 349 g/mol. The highest BCUT2D eigenvalue weighted by molar-refractivity contribution is 9.10. The first-order valence-electron chi connectivity index (χ1n) is 6.52. The Kier molecular flexibility index (Phi) is 5.22. The number of ether oxygens (including phenoxy) is 1. The second kappa shape index (κ2) is 7.13. The van der Waals surface area contributed by atoms with Gasteiger partial charge >= 0.3 is 0 Å². The number of anilines is 2. The summed E-state index contributed by atoms with van der Waals surface area (Å²) in [5.41, 5.74) is 2.69. The first-order chi connectivity index (χ1) is 10.1. The molecule has 0 spiro atoms. The third-order valence-corrected chi connectivity index (χ3v) is 3.33. The molecule has 21 heavy (non-hydrogen) atoms. The fourth-order valence-corrected chi connectivity index (χ4v) is 2.57. The fraction of sp³-hybridized carbons (Fsp3) is 0.188. The Morgan fingerprint density at radius 1 is 1.24 bits per heavy atom. The van der Waals surface area contributed by atoms with Crippen molar-refractivity contribution >= 4 is 33.2 Å². The Hall–Kier alpha value is -2.01. The van der Waals surface area contributed by atoms with Crippen LogP contribution in [0.5, 0.6) is 5.75 Å². The van der Waals surface area contributed by atoms with E-state index >= 15 is 0 Å². The standard InChI is InChI=1S/C16H17BrN2O2/c1-11-7-12(17)9-13(8-11)18-10-16(20)19-14-5-3-4-6-15(14)21-2/h3-9,18H,10H2,1-2H3,(H,19,20). The van der Waals surface area contributed by atoms with Crippen LogP contribution in [-0.2, 0) is 4.79 Å². The van der Waals surface area contributed by atoms with Crippen LogP contribution in [0.4, 0.5) is 11.4 Å². The molecule has 0 saturated heterocycles. The van der Waals surface area contributed by atoms with Gasteiger partial charge in [0.2, 0.25) is 5.91 Å². The van der Waals surface area contributed by atoms with Crippen LogP contribution in [0.1, 0.15) is 5.56 Å². The highest BCUT2D eigenvalue weighted by atomic mass is 79.9. The summed E-state index contributed by atoms with van der Waals surface area (Å²) in [6.45, 7) is 2.19. The lowest BCUT2D eigenvalue weighted by Crippen LogP contribution is -2.22. The molecule has 0 unspecified atom stereocenters. The highest BCUT2D eigenvalue weighted by Crippen LogP contribution is 2.23. The molecule has 2 rings (SSSR count). The van der Waals surface area contributed by atoms with Crippen molar-refractivity contribution in [1.29, 1.82) is 0 Å². The van der Waals surface area contributed by atoms with Crippen LogP contribution in [0.15, 0.2) is 46.9 Å². The van der Waals surface area contributed by atoms with Crippen LogP contribution < -0.4 is 15.4 Å². The predicted octanol–water partition coefficient (Wildman–Crippen LogP) is 3.82. The zero-order valence-corrected chi connectivity index (χ0v) is 13.5. The van der Waals surface area contributed by atoms with Gasteiger partial charge < -0.3 is 15.4 Å². The third-order valence-electron chi connectivity index (χ3n) is 2.88. The summed E-state index contributed by atoms with van der Waals surface area (Å²) in [6.07, 6.45) is 0. The maximum atomic E-state index is 12.0. The molecule has 0 aromatic heterocycles. The first kappa shape index (κ1) is 15.4. The van der Waals surface area contributed by atoms with Crippen molar-refractivity contribution in [3.05, 3.63) is 52.5 Å². The molecule has 0 heterocycles. The normalized spacial score (nSPS) is 10.0. The van der Waals surface area contributed by atoms with E-state index in [9.17, 15) is 4.79 Å². The molecule has 2 N–H and O–H groups in total. The molecule has 110 valence electrons. The second-order valence-electron chi connectivity index (χ2n) is 4.62. The number of benzene rings is 2. The quantitative estimate of drug-likeness (QED) is 0.863. The van der Waals surface area contributed by atoms with Crippen LogP contribution in [0.25, 0.3) is 0 Å². The lowest BCUT2D eigenvalue weighted by molar-refractivity contribution is -0.114. The molecule has 0 aliphatic rings. The summed E-state index contributed by atoms with van der Waals surface area (Å²) in [6, 6.07) is 13.3. The molecule has 0 aliphatic carbocycles. The van der Waals surface area contributed by atoms with Gasteiger partial charge in [-0.05, 0) is 42.8 Å². The van der Waals surface area contributed by atoms with Gasteiger partial charge in [-0.1, -0.05) is 28.1 Å². The van der Waals surface area contributed by atoms with E-state index in [2.05, 4.69) is 26.6 Å². The first-order valence-corrected chi connectivity index (χ1v) is 7.31. The van der Waals surface area contributed by atoms with E-state index in [-0.39, 0.29) is 12.5 Å². The molecule has 0 atom stereocenters. The number of rotatable bonds is 5. The number of nitrogens with one attached hydrogen (secondary N) is 2. The summed E-state index contributed by atoms with van der Waals surface area (Å²) in [4.78, 5) is 12.0. The summed E-state index contributed by atoms with van der Waals surface area (Å²) in [5, 5.41) is 5.92. The van der Waals surface area contributed by atoms with Gasteiger partial charge in [-0.25, -0.2) is 0 Å². The van der Waals surface area contributed by atoms with Crippen molar-refractivity contribution in [2.75, 3.05) is 24.3 Å². The predicted molar refractivity (Wildman–Crippen MR) is 89.0 cm³/mol. The Morgan fingerprint density at radius 2 is 2.00 bits per heavy atom. The number of carbonyl (C=O) groups excluding carboxylic acids is 1. The van der Waals surface area contributed by atoms with Gasteiger partial charge in [0.25, 0.3) is 0 Å². The van der Waals surface area contributed by atoms with Crippen molar-refractivity contribution in [2.24, 2.45) is 0 Å². The summed E-state index contributed by atoms with van der Waals surface area (Å²) >= 11 is 3.44. The highest BCUT2D eigenvalue weighted by Gasteiger charge is 2.06. The van der Waals surface area contributed by atoms with Gasteiger partial charge in [0.05, 0.1) is 19.3 Å². The Bertz CT molecular complexity index is 624. The van der Waals surface area contributed by atoms with Crippen molar-refractivity contribution in [1.82, 2.24) is 0 Å². The number of methoxy groups -OCH3 is 1. The summed E-state index contributed by atoms with van der Waals surface area (Å²) in [5.74, 6) is 0.515. The average Bonchev–Trinajstić information content (AvgIpc) is 2.45. The van der Waals surface area contributed by atoms with E-state index in [0.29, 0.717) is 11.4 Å². The number of hydrogen-bond donors (Lipinski definition) is 2. The molecular weight excluding hydrogens is 332 g/mol.